The maximum Gasteiger partial charge on any atom is 0.106 e. The summed E-state index contributed by atoms with van der Waals surface area (Å²) in [6.07, 6.45) is 7.01. The second-order valence-corrected chi connectivity index (χ2v) is 4.61. The highest BCUT2D eigenvalue weighted by Gasteiger charge is 2.26. The van der Waals surface area contributed by atoms with E-state index in [1.807, 2.05) is 6.92 Å². The van der Waals surface area contributed by atoms with Crippen LogP contribution in [0.5, 0.6) is 0 Å². The zero-order valence-electron chi connectivity index (χ0n) is 10.6. The van der Waals surface area contributed by atoms with E-state index in [2.05, 4.69) is 18.3 Å². The first kappa shape index (κ1) is 13.5. The van der Waals surface area contributed by atoms with Gasteiger partial charge in [-0.2, -0.15) is 5.26 Å². The topological polar surface area (TPSA) is 45.0 Å². The molecule has 0 aromatic heterocycles. The molecule has 0 aromatic rings. The second kappa shape index (κ2) is 6.88. The molecule has 0 heterocycles. The summed E-state index contributed by atoms with van der Waals surface area (Å²) in [5, 5.41) is 12.5. The summed E-state index contributed by atoms with van der Waals surface area (Å²) in [7, 11) is 0. The molecule has 3 heteroatoms. The molecule has 1 N–H and O–H groups in total. The van der Waals surface area contributed by atoms with Gasteiger partial charge in [0, 0.05) is 6.61 Å². The second-order valence-electron chi connectivity index (χ2n) is 4.61. The van der Waals surface area contributed by atoms with Gasteiger partial charge in [0.15, 0.2) is 0 Å². The van der Waals surface area contributed by atoms with Crippen molar-refractivity contribution in [2.75, 3.05) is 13.2 Å². The molecule has 1 rings (SSSR count). The lowest BCUT2D eigenvalue weighted by molar-refractivity contribution is -0.000820. The number of hydrogen-bond donors (Lipinski definition) is 1. The summed E-state index contributed by atoms with van der Waals surface area (Å²) in [5.74, 6) is 0. The standard InChI is InChI=1S/C13H24N2O/c1-3-13(11-14,15-4-2)9-6-10-16-12-7-5-8-12/h12,15H,3-10H2,1-2H3. The van der Waals surface area contributed by atoms with E-state index < -0.39 is 0 Å². The van der Waals surface area contributed by atoms with Crippen LogP contribution in [0.3, 0.4) is 0 Å². The third kappa shape index (κ3) is 3.77. The van der Waals surface area contributed by atoms with Crippen molar-refractivity contribution in [2.45, 2.75) is 64.0 Å². The Kier molecular flexibility index (Phi) is 5.79. The lowest BCUT2D eigenvalue weighted by Crippen LogP contribution is -2.43. The largest absolute Gasteiger partial charge is 0.378 e. The van der Waals surface area contributed by atoms with Crippen molar-refractivity contribution >= 4 is 0 Å². The first-order chi connectivity index (χ1) is 7.76. The maximum atomic E-state index is 9.22. The molecule has 0 radical (unpaired) electrons. The van der Waals surface area contributed by atoms with Gasteiger partial charge in [-0.25, -0.2) is 0 Å². The van der Waals surface area contributed by atoms with Crippen molar-refractivity contribution in [3.05, 3.63) is 0 Å². The fourth-order valence-electron chi connectivity index (χ4n) is 2.06. The first-order valence-electron chi connectivity index (χ1n) is 6.54. The number of nitrogens with one attached hydrogen (secondary N) is 1. The minimum atomic E-state index is -0.336. The zero-order chi connectivity index (χ0) is 11.9. The van der Waals surface area contributed by atoms with E-state index in [9.17, 15) is 5.26 Å². The van der Waals surface area contributed by atoms with Crippen LogP contribution < -0.4 is 5.32 Å². The summed E-state index contributed by atoms with van der Waals surface area (Å²) in [6.45, 7) is 5.77. The van der Waals surface area contributed by atoms with Crippen molar-refractivity contribution in [1.82, 2.24) is 5.32 Å². The van der Waals surface area contributed by atoms with Gasteiger partial charge in [-0.05, 0) is 45.1 Å². The highest BCUT2D eigenvalue weighted by atomic mass is 16.5. The number of ether oxygens (including phenoxy) is 1. The van der Waals surface area contributed by atoms with Gasteiger partial charge in [0.25, 0.3) is 0 Å². The average Bonchev–Trinajstić information content (AvgIpc) is 2.25. The molecule has 1 unspecified atom stereocenters. The van der Waals surface area contributed by atoms with Crippen LogP contribution in [0.4, 0.5) is 0 Å². The Balaban J connectivity index is 2.18. The third-order valence-electron chi connectivity index (χ3n) is 3.49. The van der Waals surface area contributed by atoms with E-state index >= 15 is 0 Å². The molecule has 1 aliphatic rings. The molecule has 1 atom stereocenters. The Morgan fingerprint density at radius 1 is 1.44 bits per heavy atom. The molecule has 0 aromatic carbocycles. The molecular formula is C13H24N2O. The van der Waals surface area contributed by atoms with Gasteiger partial charge < -0.3 is 4.74 Å². The van der Waals surface area contributed by atoms with Gasteiger partial charge in [-0.1, -0.05) is 13.8 Å². The molecule has 0 amide bonds. The summed E-state index contributed by atoms with van der Waals surface area (Å²) < 4.78 is 5.70. The summed E-state index contributed by atoms with van der Waals surface area (Å²) >= 11 is 0. The van der Waals surface area contributed by atoms with Crippen molar-refractivity contribution < 1.29 is 4.74 Å². The van der Waals surface area contributed by atoms with Gasteiger partial charge in [-0.15, -0.1) is 0 Å². The van der Waals surface area contributed by atoms with Crippen LogP contribution in [0.25, 0.3) is 0 Å². The first-order valence-corrected chi connectivity index (χ1v) is 6.54. The number of nitriles is 1. The van der Waals surface area contributed by atoms with Gasteiger partial charge in [0.2, 0.25) is 0 Å². The van der Waals surface area contributed by atoms with E-state index in [0.29, 0.717) is 6.10 Å². The molecule has 0 aliphatic heterocycles. The molecule has 16 heavy (non-hydrogen) atoms. The summed E-state index contributed by atoms with van der Waals surface area (Å²) in [4.78, 5) is 0. The molecule has 1 aliphatic carbocycles. The Morgan fingerprint density at radius 2 is 2.19 bits per heavy atom. The Hall–Kier alpha value is -0.590. The quantitative estimate of drug-likeness (QED) is 0.645. The summed E-state index contributed by atoms with van der Waals surface area (Å²) in [5.41, 5.74) is -0.336. The predicted octanol–water partition coefficient (Wildman–Crippen LogP) is 2.62. The molecule has 0 saturated heterocycles. The highest BCUT2D eigenvalue weighted by Crippen LogP contribution is 2.23. The predicted molar refractivity (Wildman–Crippen MR) is 65.1 cm³/mol. The van der Waals surface area contributed by atoms with Gasteiger partial charge in [-0.3, -0.25) is 5.32 Å². The van der Waals surface area contributed by atoms with Crippen molar-refractivity contribution in [1.29, 1.82) is 5.26 Å². The maximum absolute atomic E-state index is 9.22. The molecule has 3 nitrogen and oxygen atoms in total. The van der Waals surface area contributed by atoms with Crippen LogP contribution in [0.2, 0.25) is 0 Å². The van der Waals surface area contributed by atoms with Gasteiger partial charge in [0.05, 0.1) is 12.2 Å². The number of hydrogen-bond acceptors (Lipinski definition) is 3. The van der Waals surface area contributed by atoms with Crippen molar-refractivity contribution in [2.24, 2.45) is 0 Å². The molecule has 0 bridgehead atoms. The molecule has 92 valence electrons. The van der Waals surface area contributed by atoms with Crippen molar-refractivity contribution in [3.8, 4) is 6.07 Å². The lowest BCUT2D eigenvalue weighted by atomic mass is 9.92. The van der Waals surface area contributed by atoms with E-state index in [-0.39, 0.29) is 5.54 Å². The Morgan fingerprint density at radius 3 is 2.62 bits per heavy atom. The van der Waals surface area contributed by atoms with Crippen LogP contribution in [-0.4, -0.2) is 24.8 Å². The van der Waals surface area contributed by atoms with Gasteiger partial charge >= 0.3 is 0 Å². The fourth-order valence-corrected chi connectivity index (χ4v) is 2.06. The molecule has 1 saturated carbocycles. The highest BCUT2D eigenvalue weighted by molar-refractivity contribution is 5.05. The minimum absolute atomic E-state index is 0.336. The SMILES string of the molecule is CCNC(C#N)(CC)CCCOC1CCC1. The van der Waals surface area contributed by atoms with E-state index in [0.717, 1.165) is 32.4 Å². The monoisotopic (exact) mass is 224 g/mol. The molecular weight excluding hydrogens is 200 g/mol. The zero-order valence-corrected chi connectivity index (χ0v) is 10.6. The number of nitrogens with zero attached hydrogens (tertiary/aromatic N) is 1. The lowest BCUT2D eigenvalue weighted by Gasteiger charge is -2.28. The van der Waals surface area contributed by atoms with E-state index in [1.54, 1.807) is 0 Å². The Bertz CT molecular complexity index is 233. The average molecular weight is 224 g/mol. The van der Waals surface area contributed by atoms with Crippen LogP contribution >= 0.6 is 0 Å². The third-order valence-corrected chi connectivity index (χ3v) is 3.49. The van der Waals surface area contributed by atoms with E-state index in [1.165, 1.54) is 19.3 Å². The minimum Gasteiger partial charge on any atom is -0.378 e. The number of rotatable bonds is 8. The summed E-state index contributed by atoms with van der Waals surface area (Å²) in [6, 6.07) is 2.42. The molecule has 0 spiro atoms. The van der Waals surface area contributed by atoms with Gasteiger partial charge in [0.1, 0.15) is 5.54 Å². The van der Waals surface area contributed by atoms with Crippen LogP contribution in [0, 0.1) is 11.3 Å². The van der Waals surface area contributed by atoms with Crippen LogP contribution in [-0.2, 0) is 4.74 Å². The Labute approximate surface area is 99.2 Å². The smallest absolute Gasteiger partial charge is 0.106 e. The van der Waals surface area contributed by atoms with Crippen molar-refractivity contribution in [3.63, 3.8) is 0 Å². The van der Waals surface area contributed by atoms with Crippen LogP contribution in [0.1, 0.15) is 52.4 Å². The fraction of sp³-hybridized carbons (Fsp3) is 0.923. The molecule has 1 fully saturated rings. The van der Waals surface area contributed by atoms with Crippen LogP contribution in [0.15, 0.2) is 0 Å². The van der Waals surface area contributed by atoms with E-state index in [4.69, 9.17) is 4.74 Å². The normalized spacial score (nSPS) is 19.8.